The molecular formula is C12H12Cl2N2O2. The van der Waals surface area contributed by atoms with Crippen molar-refractivity contribution >= 4 is 35.3 Å². The fraction of sp³-hybridized carbons (Fsp3) is 0.167. The minimum atomic E-state index is -0.318. The summed E-state index contributed by atoms with van der Waals surface area (Å²) < 4.78 is 0. The molecule has 1 amide bonds. The number of halogens is 2. The number of allylic oxidation sites excluding steroid dienone is 1. The summed E-state index contributed by atoms with van der Waals surface area (Å²) >= 11 is 11.5. The van der Waals surface area contributed by atoms with E-state index in [1.807, 2.05) is 0 Å². The molecule has 0 fully saturated rings. The van der Waals surface area contributed by atoms with Gasteiger partial charge in [0.05, 0.1) is 11.2 Å². The zero-order valence-corrected chi connectivity index (χ0v) is 11.4. The van der Waals surface area contributed by atoms with Crippen LogP contribution in [0.1, 0.15) is 19.4 Å². The normalized spacial score (nSPS) is 11.9. The number of hydrazone groups is 1. The van der Waals surface area contributed by atoms with Gasteiger partial charge in [-0.1, -0.05) is 29.3 Å². The molecule has 0 saturated heterocycles. The smallest absolute Gasteiger partial charge is 0.266 e. The molecule has 0 radical (unpaired) electrons. The van der Waals surface area contributed by atoms with Gasteiger partial charge in [-0.25, -0.2) is 5.43 Å². The first-order valence-corrected chi connectivity index (χ1v) is 5.85. The monoisotopic (exact) mass is 286 g/mol. The number of nitrogens with one attached hydrogen (secondary N) is 1. The Kier molecular flexibility index (Phi) is 5.19. The van der Waals surface area contributed by atoms with E-state index in [1.165, 1.54) is 18.3 Å². The molecule has 18 heavy (non-hydrogen) atoms. The average Bonchev–Trinajstić information content (AvgIpc) is 2.33. The molecule has 0 aliphatic rings. The Morgan fingerprint density at radius 3 is 2.72 bits per heavy atom. The summed E-state index contributed by atoms with van der Waals surface area (Å²) in [4.78, 5) is 11.4. The highest BCUT2D eigenvalue weighted by atomic mass is 35.5. The number of amides is 1. The van der Waals surface area contributed by atoms with Crippen LogP contribution < -0.4 is 5.43 Å². The number of hydrogen-bond acceptors (Lipinski definition) is 3. The summed E-state index contributed by atoms with van der Waals surface area (Å²) in [7, 11) is 0. The molecule has 0 aromatic heterocycles. The Morgan fingerprint density at radius 1 is 1.44 bits per heavy atom. The van der Waals surface area contributed by atoms with Gasteiger partial charge >= 0.3 is 0 Å². The van der Waals surface area contributed by atoms with Gasteiger partial charge < -0.3 is 5.11 Å². The van der Waals surface area contributed by atoms with Crippen molar-refractivity contribution in [2.45, 2.75) is 13.8 Å². The molecule has 0 saturated carbocycles. The lowest BCUT2D eigenvalue weighted by atomic mass is 10.2. The minimum absolute atomic E-state index is 0.125. The van der Waals surface area contributed by atoms with Crippen molar-refractivity contribution in [3.05, 3.63) is 39.4 Å². The number of carbonyl (C=O) groups is 1. The number of phenolic OH excluding ortho intramolecular Hbond substituents is 1. The molecule has 1 rings (SSSR count). The molecule has 0 atom stereocenters. The van der Waals surface area contributed by atoms with Gasteiger partial charge in [0.25, 0.3) is 5.91 Å². The molecule has 0 bridgehead atoms. The van der Waals surface area contributed by atoms with Crippen LogP contribution in [0.25, 0.3) is 0 Å². The van der Waals surface area contributed by atoms with Crippen molar-refractivity contribution in [3.8, 4) is 5.75 Å². The third kappa shape index (κ3) is 3.75. The van der Waals surface area contributed by atoms with Gasteiger partial charge in [0.15, 0.2) is 0 Å². The first-order valence-electron chi connectivity index (χ1n) is 5.10. The van der Waals surface area contributed by atoms with Crippen LogP contribution in [0.3, 0.4) is 0 Å². The molecule has 4 nitrogen and oxygen atoms in total. The molecular weight excluding hydrogens is 275 g/mol. The third-order valence-corrected chi connectivity index (χ3v) is 2.72. The largest absolute Gasteiger partial charge is 0.506 e. The first kappa shape index (κ1) is 14.5. The van der Waals surface area contributed by atoms with Crippen molar-refractivity contribution in [2.75, 3.05) is 0 Å². The van der Waals surface area contributed by atoms with Crippen molar-refractivity contribution in [1.29, 1.82) is 0 Å². The third-order valence-electron chi connectivity index (χ3n) is 2.22. The Hall–Kier alpha value is -1.52. The molecule has 0 spiro atoms. The predicted octanol–water partition coefficient (Wildman–Crippen LogP) is 3.12. The topological polar surface area (TPSA) is 61.7 Å². The average molecular weight is 287 g/mol. The lowest BCUT2D eigenvalue weighted by Crippen LogP contribution is -2.18. The van der Waals surface area contributed by atoms with E-state index in [-0.39, 0.29) is 16.7 Å². The van der Waals surface area contributed by atoms with Gasteiger partial charge in [-0.2, -0.15) is 5.10 Å². The first-order chi connectivity index (χ1) is 8.45. The summed E-state index contributed by atoms with van der Waals surface area (Å²) in [6.07, 6.45) is 2.94. The standard InChI is InChI=1S/C12H12Cl2N2O2/c1-3-7(2)12(18)16-15-6-8-4-9(13)5-10(14)11(8)17/h3-6,17H,1-2H3,(H,16,18)/b7-3-,15-6+. The van der Waals surface area contributed by atoms with Crippen LogP contribution in [-0.4, -0.2) is 17.2 Å². The molecule has 6 heteroatoms. The van der Waals surface area contributed by atoms with E-state index in [0.29, 0.717) is 16.2 Å². The van der Waals surface area contributed by atoms with Crippen LogP contribution >= 0.6 is 23.2 Å². The van der Waals surface area contributed by atoms with Crippen molar-refractivity contribution in [1.82, 2.24) is 5.43 Å². The summed E-state index contributed by atoms with van der Waals surface area (Å²) in [5.74, 6) is -0.455. The fourth-order valence-corrected chi connectivity index (χ4v) is 1.57. The second kappa shape index (κ2) is 6.42. The molecule has 2 N–H and O–H groups in total. The van der Waals surface area contributed by atoms with E-state index >= 15 is 0 Å². The van der Waals surface area contributed by atoms with E-state index in [9.17, 15) is 9.90 Å². The second-order valence-electron chi connectivity index (χ2n) is 3.50. The van der Waals surface area contributed by atoms with Gasteiger partial charge in [-0.05, 0) is 26.0 Å². The lowest BCUT2D eigenvalue weighted by Gasteiger charge is -2.02. The summed E-state index contributed by atoms with van der Waals surface area (Å²) in [6, 6.07) is 2.90. The van der Waals surface area contributed by atoms with Gasteiger partial charge in [0, 0.05) is 16.2 Å². The highest BCUT2D eigenvalue weighted by Crippen LogP contribution is 2.29. The Balaban J connectivity index is 2.83. The van der Waals surface area contributed by atoms with E-state index in [1.54, 1.807) is 19.9 Å². The van der Waals surface area contributed by atoms with Crippen LogP contribution in [0.15, 0.2) is 28.9 Å². The van der Waals surface area contributed by atoms with E-state index in [4.69, 9.17) is 23.2 Å². The van der Waals surface area contributed by atoms with Crippen molar-refractivity contribution in [2.24, 2.45) is 5.10 Å². The maximum absolute atomic E-state index is 11.4. The van der Waals surface area contributed by atoms with Gasteiger partial charge in [0.1, 0.15) is 5.75 Å². The number of nitrogens with zero attached hydrogens (tertiary/aromatic N) is 1. The zero-order valence-electron chi connectivity index (χ0n) is 9.87. The SMILES string of the molecule is C/C=C(/C)C(=O)N/N=C/c1cc(Cl)cc(Cl)c1O. The Morgan fingerprint density at radius 2 is 2.11 bits per heavy atom. The van der Waals surface area contributed by atoms with Gasteiger partial charge in [-0.15, -0.1) is 0 Å². The van der Waals surface area contributed by atoms with E-state index < -0.39 is 0 Å². The second-order valence-corrected chi connectivity index (χ2v) is 4.34. The number of benzene rings is 1. The van der Waals surface area contributed by atoms with Crippen LogP contribution in [0, 0.1) is 0 Å². The summed E-state index contributed by atoms with van der Waals surface area (Å²) in [5.41, 5.74) is 3.18. The Bertz CT molecular complexity index is 525. The number of carbonyl (C=O) groups excluding carboxylic acids is 1. The summed E-state index contributed by atoms with van der Waals surface area (Å²) in [6.45, 7) is 3.42. The van der Waals surface area contributed by atoms with Crippen LogP contribution in [0.2, 0.25) is 10.0 Å². The predicted molar refractivity (Wildman–Crippen MR) is 73.3 cm³/mol. The molecule has 96 valence electrons. The molecule has 1 aromatic rings. The molecule has 0 aliphatic heterocycles. The van der Waals surface area contributed by atoms with Crippen molar-refractivity contribution in [3.63, 3.8) is 0 Å². The number of aromatic hydroxyl groups is 1. The molecule has 1 aromatic carbocycles. The highest BCUT2D eigenvalue weighted by molar-refractivity contribution is 6.36. The maximum atomic E-state index is 11.4. The van der Waals surface area contributed by atoms with Crippen LogP contribution in [0.5, 0.6) is 5.75 Å². The summed E-state index contributed by atoms with van der Waals surface area (Å²) in [5, 5.41) is 13.8. The number of rotatable bonds is 3. The van der Waals surface area contributed by atoms with Crippen LogP contribution in [0.4, 0.5) is 0 Å². The maximum Gasteiger partial charge on any atom is 0.266 e. The molecule has 0 aliphatic carbocycles. The molecule has 0 unspecified atom stereocenters. The quantitative estimate of drug-likeness (QED) is 0.509. The van der Waals surface area contributed by atoms with Crippen LogP contribution in [-0.2, 0) is 4.79 Å². The zero-order chi connectivity index (χ0) is 13.7. The van der Waals surface area contributed by atoms with E-state index in [0.717, 1.165) is 0 Å². The Labute approximate surface area is 115 Å². The van der Waals surface area contributed by atoms with Gasteiger partial charge in [-0.3, -0.25) is 4.79 Å². The number of phenols is 1. The van der Waals surface area contributed by atoms with E-state index in [2.05, 4.69) is 10.5 Å². The molecule has 0 heterocycles. The fourth-order valence-electron chi connectivity index (χ4n) is 1.06. The highest BCUT2D eigenvalue weighted by Gasteiger charge is 2.06. The van der Waals surface area contributed by atoms with Gasteiger partial charge in [0.2, 0.25) is 0 Å². The number of hydrogen-bond donors (Lipinski definition) is 2. The lowest BCUT2D eigenvalue weighted by molar-refractivity contribution is -0.117. The van der Waals surface area contributed by atoms with Crippen molar-refractivity contribution < 1.29 is 9.90 Å². The minimum Gasteiger partial charge on any atom is -0.506 e.